The van der Waals surface area contributed by atoms with Crippen LogP contribution in [0.4, 0.5) is 0 Å². The normalized spacial score (nSPS) is 23.7. The maximum absolute atomic E-state index is 11.8. The first kappa shape index (κ1) is 16.4. The van der Waals surface area contributed by atoms with Crippen molar-refractivity contribution < 1.29 is 49.4 Å². The van der Waals surface area contributed by atoms with Gasteiger partial charge in [-0.25, -0.2) is 4.68 Å². The second-order valence-corrected chi connectivity index (χ2v) is 5.60. The molecule has 0 saturated carbocycles. The summed E-state index contributed by atoms with van der Waals surface area (Å²) in [4.78, 5) is 24.7. The van der Waals surface area contributed by atoms with Gasteiger partial charge in [0.25, 0.3) is 0 Å². The van der Waals surface area contributed by atoms with Crippen molar-refractivity contribution in [3.05, 3.63) is 16.9 Å². The number of tetrazole rings is 1. The third-order valence-corrected chi connectivity index (χ3v) is 4.73. The zero-order valence-corrected chi connectivity index (χ0v) is 14.0. The minimum atomic E-state index is -1.38. The van der Waals surface area contributed by atoms with Gasteiger partial charge in [-0.15, -0.1) is 16.9 Å². The number of aromatic nitrogens is 4. The van der Waals surface area contributed by atoms with Crippen LogP contribution in [-0.2, 0) is 16.1 Å². The number of β-lactam (4-membered cyclic amide) rings is 1. The smallest absolute Gasteiger partial charge is 0.543 e. The van der Waals surface area contributed by atoms with E-state index in [9.17, 15) is 14.7 Å². The van der Waals surface area contributed by atoms with Crippen LogP contribution in [0.1, 0.15) is 6.42 Å². The molecule has 0 spiro atoms. The van der Waals surface area contributed by atoms with Crippen molar-refractivity contribution in [2.24, 2.45) is 5.92 Å². The fraction of sp³-hybridized carbons (Fsp3) is 0.500. The number of aliphatic hydroxyl groups excluding tert-OH is 1. The van der Waals surface area contributed by atoms with E-state index in [0.29, 0.717) is 17.9 Å². The molecule has 2 aliphatic rings. The quantitative estimate of drug-likeness (QED) is 0.421. The molecule has 1 N–H and O–H groups in total. The number of hydrogen-bond donors (Lipinski definition) is 1. The predicted molar refractivity (Wildman–Crippen MR) is 63.3 cm³/mol. The standard InChI is InChI=1S/C10H11N5O4S.Na/c16-3-5-8(17)15-7(10(18)19)6(20-9(5)15)1-2-14-4-11-12-13-14;/h4-5,9,16H,1-3H2,(H,18,19);/q;+1/p-1/t5-,9+;/m0./s1. The van der Waals surface area contributed by atoms with Crippen molar-refractivity contribution in [1.82, 2.24) is 25.1 Å². The molecule has 2 atom stereocenters. The van der Waals surface area contributed by atoms with Crippen LogP contribution in [0, 0.1) is 5.92 Å². The number of carboxylic acid groups (broad SMARTS) is 1. The summed E-state index contributed by atoms with van der Waals surface area (Å²) in [5.74, 6) is -2.29. The van der Waals surface area contributed by atoms with Crippen LogP contribution in [0.2, 0.25) is 0 Å². The first-order valence-electron chi connectivity index (χ1n) is 5.89. The van der Waals surface area contributed by atoms with E-state index in [4.69, 9.17) is 5.11 Å². The van der Waals surface area contributed by atoms with E-state index >= 15 is 0 Å². The van der Waals surface area contributed by atoms with Gasteiger partial charge in [-0.05, 0) is 10.4 Å². The molecule has 1 aromatic rings. The van der Waals surface area contributed by atoms with Gasteiger partial charge in [0.05, 0.1) is 24.2 Å². The van der Waals surface area contributed by atoms with Crippen LogP contribution in [0.3, 0.4) is 0 Å². The van der Waals surface area contributed by atoms with E-state index in [-0.39, 0.29) is 53.1 Å². The summed E-state index contributed by atoms with van der Waals surface area (Å²) in [5.41, 5.74) is -0.0947. The molecule has 3 rings (SSSR count). The summed E-state index contributed by atoms with van der Waals surface area (Å²) >= 11 is 1.28. The van der Waals surface area contributed by atoms with E-state index in [1.807, 2.05) is 0 Å². The van der Waals surface area contributed by atoms with Crippen LogP contribution in [0.25, 0.3) is 0 Å². The fourth-order valence-electron chi connectivity index (χ4n) is 2.29. The summed E-state index contributed by atoms with van der Waals surface area (Å²) in [6, 6.07) is 0. The molecule has 106 valence electrons. The van der Waals surface area contributed by atoms with Crippen molar-refractivity contribution in [2.75, 3.05) is 6.61 Å². The number of rotatable bonds is 5. The molecule has 1 amide bonds. The van der Waals surface area contributed by atoms with Gasteiger partial charge < -0.3 is 15.0 Å². The molecule has 9 nitrogen and oxygen atoms in total. The molecule has 0 aliphatic carbocycles. The zero-order valence-electron chi connectivity index (χ0n) is 11.2. The van der Waals surface area contributed by atoms with Gasteiger partial charge in [0.1, 0.15) is 11.7 Å². The van der Waals surface area contributed by atoms with Gasteiger partial charge >= 0.3 is 29.6 Å². The van der Waals surface area contributed by atoms with Crippen LogP contribution in [-0.4, -0.2) is 54.1 Å². The number of amides is 1. The molecule has 0 bridgehead atoms. The number of allylic oxidation sites excluding steroid dienone is 1. The Hall–Kier alpha value is -0.940. The average Bonchev–Trinajstić information content (AvgIpc) is 3.02. The van der Waals surface area contributed by atoms with Crippen LogP contribution in [0.5, 0.6) is 0 Å². The SMILES string of the molecule is O=C([O-])C1=C(CCn2cnnn2)S[C@@H]2[C@@H](CO)C(=O)N12.[Na+]. The number of aliphatic hydroxyl groups is 1. The topological polar surface area (TPSA) is 124 Å². The van der Waals surface area contributed by atoms with E-state index < -0.39 is 11.9 Å². The number of aryl methyl sites for hydroxylation is 1. The molecule has 1 aromatic heterocycles. The Labute approximate surface area is 145 Å². The number of carbonyl (C=O) groups is 2. The molecule has 2 aliphatic heterocycles. The summed E-state index contributed by atoms with van der Waals surface area (Å²) in [7, 11) is 0. The molecule has 21 heavy (non-hydrogen) atoms. The molecule has 1 fully saturated rings. The van der Waals surface area contributed by atoms with Crippen molar-refractivity contribution in [3.63, 3.8) is 0 Å². The van der Waals surface area contributed by atoms with Gasteiger partial charge in [0.15, 0.2) is 0 Å². The Morgan fingerprint density at radius 1 is 1.52 bits per heavy atom. The van der Waals surface area contributed by atoms with E-state index in [2.05, 4.69) is 15.5 Å². The Morgan fingerprint density at radius 3 is 2.86 bits per heavy atom. The third-order valence-electron chi connectivity index (χ3n) is 3.27. The van der Waals surface area contributed by atoms with Gasteiger partial charge in [0, 0.05) is 17.9 Å². The fourth-order valence-corrected chi connectivity index (χ4v) is 3.76. The maximum Gasteiger partial charge on any atom is 1.00 e. The first-order valence-corrected chi connectivity index (χ1v) is 6.77. The molecule has 0 radical (unpaired) electrons. The van der Waals surface area contributed by atoms with Gasteiger partial charge in [-0.2, -0.15) is 0 Å². The Kier molecular flexibility index (Phi) is 5.04. The third kappa shape index (κ3) is 2.73. The van der Waals surface area contributed by atoms with Crippen molar-refractivity contribution in [1.29, 1.82) is 0 Å². The molecule has 1 saturated heterocycles. The summed E-state index contributed by atoms with van der Waals surface area (Å²) in [5, 5.41) is 30.7. The number of hydrogen-bond acceptors (Lipinski definition) is 8. The van der Waals surface area contributed by atoms with Gasteiger partial charge in [0.2, 0.25) is 5.91 Å². The largest absolute Gasteiger partial charge is 1.00 e. The zero-order chi connectivity index (χ0) is 14.3. The second kappa shape index (κ2) is 6.44. The average molecular weight is 319 g/mol. The number of fused-ring (bicyclic) bond motifs is 1. The van der Waals surface area contributed by atoms with E-state index in [0.717, 1.165) is 0 Å². The molecule has 11 heteroatoms. The van der Waals surface area contributed by atoms with Crippen molar-refractivity contribution in [3.8, 4) is 0 Å². The van der Waals surface area contributed by atoms with Crippen molar-refractivity contribution >= 4 is 23.6 Å². The number of nitrogens with zero attached hydrogens (tertiary/aromatic N) is 5. The second-order valence-electron chi connectivity index (χ2n) is 4.39. The molecule has 0 aromatic carbocycles. The van der Waals surface area contributed by atoms with Gasteiger partial charge in [-0.1, -0.05) is 0 Å². The summed E-state index contributed by atoms with van der Waals surface area (Å²) in [6.45, 7) is 0.123. The first-order chi connectivity index (χ1) is 9.63. The molecular formula is C10H10N5NaO4S. The van der Waals surface area contributed by atoms with Crippen LogP contribution >= 0.6 is 11.8 Å². The Bertz CT molecular complexity index is 592. The van der Waals surface area contributed by atoms with Crippen LogP contribution in [0.15, 0.2) is 16.9 Å². The Morgan fingerprint density at radius 2 is 2.29 bits per heavy atom. The molecule has 0 unspecified atom stereocenters. The number of carbonyl (C=O) groups excluding carboxylic acids is 2. The monoisotopic (exact) mass is 319 g/mol. The molecular weight excluding hydrogens is 309 g/mol. The van der Waals surface area contributed by atoms with Crippen molar-refractivity contribution in [2.45, 2.75) is 18.3 Å². The maximum atomic E-state index is 11.8. The molecule has 3 heterocycles. The summed E-state index contributed by atoms with van der Waals surface area (Å²) in [6.07, 6.45) is 1.81. The van der Waals surface area contributed by atoms with Gasteiger partial charge in [-0.3, -0.25) is 9.69 Å². The minimum Gasteiger partial charge on any atom is -0.543 e. The predicted octanol–water partition coefficient (Wildman–Crippen LogP) is -5.45. The van der Waals surface area contributed by atoms with Crippen LogP contribution < -0.4 is 34.7 Å². The van der Waals surface area contributed by atoms with E-state index in [1.165, 1.54) is 27.7 Å². The summed E-state index contributed by atoms with van der Waals surface area (Å²) < 4.78 is 1.47. The Balaban J connectivity index is 0.00000161. The van der Waals surface area contributed by atoms with E-state index in [1.54, 1.807) is 0 Å². The number of carboxylic acids is 1. The number of aliphatic carboxylic acids is 1. The number of thioether (sulfide) groups is 1. The minimum absolute atomic E-state index is 0.